The van der Waals surface area contributed by atoms with Crippen molar-refractivity contribution >= 4 is 40.5 Å². The standard InChI is InChI=1S/C22H27IN2O3/c1-3-22(12-6-14-24-17(15-26)9-10-20(22)24)13-11-21(27)25(16-28-2)19-8-5-4-7-18(19)23/h4-5,7-10,15H,3,6,11-14,16H2,1-2H3. The molecule has 28 heavy (non-hydrogen) atoms. The van der Waals surface area contributed by atoms with Crippen molar-refractivity contribution in [3.05, 3.63) is 51.4 Å². The predicted molar refractivity (Wildman–Crippen MR) is 119 cm³/mol. The smallest absolute Gasteiger partial charge is 0.228 e. The quantitative estimate of drug-likeness (QED) is 0.302. The van der Waals surface area contributed by atoms with Gasteiger partial charge in [-0.05, 0) is 72.5 Å². The van der Waals surface area contributed by atoms with E-state index in [4.69, 9.17) is 4.74 Å². The molecule has 150 valence electrons. The molecule has 1 atom stereocenters. The lowest BCUT2D eigenvalue weighted by molar-refractivity contribution is -0.120. The van der Waals surface area contributed by atoms with Crippen LogP contribution in [0.3, 0.4) is 0 Å². The molecule has 3 rings (SSSR count). The molecule has 0 spiro atoms. The van der Waals surface area contributed by atoms with Gasteiger partial charge in [0, 0.05) is 34.8 Å². The first-order valence-electron chi connectivity index (χ1n) is 9.75. The number of carbonyl (C=O) groups excluding carboxylic acids is 2. The number of ether oxygens (including phenoxy) is 1. The van der Waals surface area contributed by atoms with Crippen LogP contribution in [-0.4, -0.2) is 30.6 Å². The summed E-state index contributed by atoms with van der Waals surface area (Å²) in [5.41, 5.74) is 2.76. The van der Waals surface area contributed by atoms with Crippen molar-refractivity contribution in [2.75, 3.05) is 18.7 Å². The van der Waals surface area contributed by atoms with E-state index < -0.39 is 0 Å². The van der Waals surface area contributed by atoms with Crippen LogP contribution in [0.25, 0.3) is 0 Å². The molecule has 6 heteroatoms. The van der Waals surface area contributed by atoms with Gasteiger partial charge in [-0.25, -0.2) is 0 Å². The Kier molecular flexibility index (Phi) is 6.93. The molecular formula is C22H27IN2O3. The van der Waals surface area contributed by atoms with Crippen molar-refractivity contribution in [2.45, 2.75) is 51.0 Å². The Bertz CT molecular complexity index is 848. The number of methoxy groups -OCH3 is 1. The van der Waals surface area contributed by atoms with Crippen molar-refractivity contribution < 1.29 is 14.3 Å². The van der Waals surface area contributed by atoms with Gasteiger partial charge in [0.25, 0.3) is 0 Å². The fourth-order valence-corrected chi connectivity index (χ4v) is 5.03. The highest BCUT2D eigenvalue weighted by Crippen LogP contribution is 2.42. The summed E-state index contributed by atoms with van der Waals surface area (Å²) >= 11 is 2.25. The summed E-state index contributed by atoms with van der Waals surface area (Å²) in [6.07, 6.45) is 5.18. The summed E-state index contributed by atoms with van der Waals surface area (Å²) in [4.78, 5) is 26.2. The number of carbonyl (C=O) groups is 2. The molecule has 0 fully saturated rings. The zero-order valence-electron chi connectivity index (χ0n) is 16.5. The Balaban J connectivity index is 1.81. The highest BCUT2D eigenvalue weighted by molar-refractivity contribution is 14.1. The number of amides is 1. The maximum atomic E-state index is 13.1. The third-order valence-corrected chi connectivity index (χ3v) is 6.82. The minimum absolute atomic E-state index is 0.0578. The van der Waals surface area contributed by atoms with E-state index in [2.05, 4.69) is 40.1 Å². The lowest BCUT2D eigenvalue weighted by atomic mass is 9.72. The molecule has 0 N–H and O–H groups in total. The number of fused-ring (bicyclic) bond motifs is 1. The van der Waals surface area contributed by atoms with E-state index in [-0.39, 0.29) is 18.1 Å². The second kappa shape index (κ2) is 9.22. The SMILES string of the molecule is CCC1(CCC(=O)N(COC)c2ccccc2I)CCCn2c(C=O)ccc21. The van der Waals surface area contributed by atoms with Crippen molar-refractivity contribution in [3.8, 4) is 0 Å². The molecule has 1 unspecified atom stereocenters. The van der Waals surface area contributed by atoms with E-state index in [1.54, 1.807) is 12.0 Å². The molecule has 2 heterocycles. The Morgan fingerprint density at radius 1 is 1.32 bits per heavy atom. The summed E-state index contributed by atoms with van der Waals surface area (Å²) < 4.78 is 8.47. The number of aldehydes is 1. The third kappa shape index (κ3) is 4.03. The molecule has 1 aromatic heterocycles. The van der Waals surface area contributed by atoms with Crippen molar-refractivity contribution in [2.24, 2.45) is 0 Å². The average Bonchev–Trinajstić information content (AvgIpc) is 3.15. The minimum atomic E-state index is -0.0578. The lowest BCUT2D eigenvalue weighted by Crippen LogP contribution is -2.37. The number of hydrogen-bond donors (Lipinski definition) is 0. The number of rotatable bonds is 8. The molecule has 0 aliphatic carbocycles. The van der Waals surface area contributed by atoms with E-state index in [0.29, 0.717) is 6.42 Å². The largest absolute Gasteiger partial charge is 0.364 e. The van der Waals surface area contributed by atoms with Crippen LogP contribution in [0.5, 0.6) is 0 Å². The van der Waals surface area contributed by atoms with Gasteiger partial charge < -0.3 is 9.30 Å². The van der Waals surface area contributed by atoms with Gasteiger partial charge in [-0.1, -0.05) is 19.1 Å². The van der Waals surface area contributed by atoms with E-state index in [9.17, 15) is 9.59 Å². The summed E-state index contributed by atoms with van der Waals surface area (Å²) in [5, 5.41) is 0. The van der Waals surface area contributed by atoms with Gasteiger partial charge in [-0.15, -0.1) is 0 Å². The Labute approximate surface area is 180 Å². The first kappa shape index (κ1) is 21.0. The van der Waals surface area contributed by atoms with Crippen LogP contribution in [0.4, 0.5) is 5.69 Å². The van der Waals surface area contributed by atoms with Crippen molar-refractivity contribution in [3.63, 3.8) is 0 Å². The van der Waals surface area contributed by atoms with E-state index in [1.165, 1.54) is 5.69 Å². The zero-order valence-corrected chi connectivity index (χ0v) is 18.6. The summed E-state index contributed by atoms with van der Waals surface area (Å²) in [7, 11) is 1.61. The number of anilines is 1. The van der Waals surface area contributed by atoms with Crippen LogP contribution in [-0.2, 0) is 21.5 Å². The van der Waals surface area contributed by atoms with Gasteiger partial charge >= 0.3 is 0 Å². The zero-order chi connectivity index (χ0) is 20.1. The van der Waals surface area contributed by atoms with E-state index in [0.717, 1.165) is 53.5 Å². The highest BCUT2D eigenvalue weighted by atomic mass is 127. The molecule has 0 saturated heterocycles. The topological polar surface area (TPSA) is 51.5 Å². The number of benzene rings is 1. The van der Waals surface area contributed by atoms with Crippen LogP contribution in [0.15, 0.2) is 36.4 Å². The van der Waals surface area contributed by atoms with Crippen LogP contribution < -0.4 is 4.90 Å². The number of para-hydroxylation sites is 1. The maximum Gasteiger partial charge on any atom is 0.228 e. The first-order valence-corrected chi connectivity index (χ1v) is 10.8. The van der Waals surface area contributed by atoms with Crippen LogP contribution >= 0.6 is 22.6 Å². The van der Waals surface area contributed by atoms with Crippen LogP contribution in [0.1, 0.15) is 55.2 Å². The normalized spacial score (nSPS) is 18.5. The average molecular weight is 494 g/mol. The maximum absolute atomic E-state index is 13.1. The number of aromatic nitrogens is 1. The number of nitrogens with zero attached hydrogens (tertiary/aromatic N) is 2. The fraction of sp³-hybridized carbons (Fsp3) is 0.455. The Hall–Kier alpha value is -1.67. The van der Waals surface area contributed by atoms with Crippen LogP contribution in [0, 0.1) is 3.57 Å². The van der Waals surface area contributed by atoms with Gasteiger partial charge in [-0.3, -0.25) is 14.5 Å². The van der Waals surface area contributed by atoms with Crippen molar-refractivity contribution in [1.29, 1.82) is 0 Å². The number of hydrogen-bond acceptors (Lipinski definition) is 3. The van der Waals surface area contributed by atoms with Gasteiger partial charge in [0.15, 0.2) is 6.29 Å². The van der Waals surface area contributed by atoms with Gasteiger partial charge in [-0.2, -0.15) is 0 Å². The summed E-state index contributed by atoms with van der Waals surface area (Å²) in [5.74, 6) is 0.0677. The third-order valence-electron chi connectivity index (χ3n) is 5.91. The highest BCUT2D eigenvalue weighted by Gasteiger charge is 2.37. The molecule has 1 aliphatic heterocycles. The van der Waals surface area contributed by atoms with Gasteiger partial charge in [0.05, 0.1) is 11.4 Å². The molecule has 5 nitrogen and oxygen atoms in total. The molecule has 0 radical (unpaired) electrons. The summed E-state index contributed by atoms with van der Waals surface area (Å²) in [6.45, 7) is 3.30. The van der Waals surface area contributed by atoms with Gasteiger partial charge in [0.2, 0.25) is 5.91 Å². The fourth-order valence-electron chi connectivity index (χ4n) is 4.35. The molecule has 0 bridgehead atoms. The Morgan fingerprint density at radius 3 is 2.79 bits per heavy atom. The molecule has 1 aromatic carbocycles. The number of halogens is 1. The minimum Gasteiger partial charge on any atom is -0.364 e. The second-order valence-electron chi connectivity index (χ2n) is 7.34. The molecular weight excluding hydrogens is 467 g/mol. The predicted octanol–water partition coefficient (Wildman–Crippen LogP) is 4.76. The van der Waals surface area contributed by atoms with Crippen LogP contribution in [0.2, 0.25) is 0 Å². The van der Waals surface area contributed by atoms with Gasteiger partial charge in [0.1, 0.15) is 6.73 Å². The Morgan fingerprint density at radius 2 is 2.11 bits per heavy atom. The van der Waals surface area contributed by atoms with E-state index >= 15 is 0 Å². The monoisotopic (exact) mass is 494 g/mol. The first-order chi connectivity index (χ1) is 13.6. The lowest BCUT2D eigenvalue weighted by Gasteiger charge is -2.38. The second-order valence-corrected chi connectivity index (χ2v) is 8.50. The summed E-state index contributed by atoms with van der Waals surface area (Å²) in [6, 6.07) is 11.8. The molecule has 2 aromatic rings. The van der Waals surface area contributed by atoms with E-state index in [1.807, 2.05) is 30.3 Å². The molecule has 0 saturated carbocycles. The molecule has 1 aliphatic rings. The molecule has 1 amide bonds. The van der Waals surface area contributed by atoms with Crippen molar-refractivity contribution in [1.82, 2.24) is 4.57 Å².